The second-order valence-electron chi connectivity index (χ2n) is 18.5. The number of aromatic amines is 2. The molecule has 8 bridgehead atoms. The fourth-order valence-corrected chi connectivity index (χ4v) is 9.48. The minimum Gasteiger partial charge on any atom is -0.491 e. The molecule has 1 aromatic carbocycles. The van der Waals surface area contributed by atoms with Gasteiger partial charge in [-0.1, -0.05) is 65.5 Å². The molecule has 2 aliphatic rings. The summed E-state index contributed by atoms with van der Waals surface area (Å²) in [6, 6.07) is 19.2. The monoisotopic (exact) mass is 936 g/mol. The van der Waals surface area contributed by atoms with Crippen LogP contribution in [0.25, 0.3) is 55.5 Å². The third-order valence-corrected chi connectivity index (χ3v) is 13.6. The Labute approximate surface area is 411 Å². The molecule has 0 aliphatic carbocycles. The number of allylic oxidation sites excluding steroid dienone is 4. The van der Waals surface area contributed by atoms with Crippen LogP contribution in [-0.2, 0) is 27.1 Å². The third kappa shape index (κ3) is 13.0. The Hall–Kier alpha value is -5.55. The van der Waals surface area contributed by atoms with Gasteiger partial charge in [-0.05, 0) is 172 Å². The van der Waals surface area contributed by atoms with E-state index in [-0.39, 0.29) is 0 Å². The average molecular weight is 936 g/mol. The van der Waals surface area contributed by atoms with E-state index in [9.17, 15) is 0 Å². The number of benzene rings is 1. The molecular formula is C59H77N5O5. The van der Waals surface area contributed by atoms with Crippen LogP contribution in [0.2, 0.25) is 0 Å². The van der Waals surface area contributed by atoms with Crippen LogP contribution in [-0.4, -0.2) is 77.8 Å². The van der Waals surface area contributed by atoms with Crippen LogP contribution in [0.4, 0.5) is 0 Å². The Morgan fingerprint density at radius 2 is 0.913 bits per heavy atom. The molecule has 4 aromatic heterocycles. The summed E-state index contributed by atoms with van der Waals surface area (Å²) < 4.78 is 29.3. The van der Waals surface area contributed by atoms with E-state index < -0.39 is 0 Å². The summed E-state index contributed by atoms with van der Waals surface area (Å²) in [5.74, 6) is 1.56. The number of hydrogen-bond acceptors (Lipinski definition) is 8. The van der Waals surface area contributed by atoms with Gasteiger partial charge in [-0.15, -0.1) is 0 Å². The quantitative estimate of drug-likeness (QED) is 0.0500. The summed E-state index contributed by atoms with van der Waals surface area (Å²) in [5.41, 5.74) is 21.3. The van der Waals surface area contributed by atoms with Crippen molar-refractivity contribution in [2.75, 3.05) is 52.9 Å². The highest BCUT2D eigenvalue weighted by Gasteiger charge is 2.27. The smallest absolute Gasteiger partial charge is 0.122 e. The lowest BCUT2D eigenvalue weighted by Crippen LogP contribution is -2.14. The number of H-pyrrole nitrogens is 2. The Morgan fingerprint density at radius 1 is 0.464 bits per heavy atom. The van der Waals surface area contributed by atoms with Crippen LogP contribution in [0.1, 0.15) is 151 Å². The normalized spacial score (nSPS) is 12.7. The summed E-state index contributed by atoms with van der Waals surface area (Å²) >= 11 is 0. The molecule has 2 aliphatic heterocycles. The van der Waals surface area contributed by atoms with Crippen LogP contribution < -0.4 is 9.47 Å². The predicted molar refractivity (Wildman–Crippen MR) is 285 cm³/mol. The Balaban J connectivity index is 1.24. The number of hydrogen-bond donors (Lipinski definition) is 2. The topological polar surface area (TPSA) is 116 Å². The van der Waals surface area contributed by atoms with Gasteiger partial charge in [0.15, 0.2) is 0 Å². The lowest BCUT2D eigenvalue weighted by molar-refractivity contribution is 0.00499. The first-order valence-corrected chi connectivity index (χ1v) is 25.9. The van der Waals surface area contributed by atoms with E-state index in [4.69, 9.17) is 33.7 Å². The number of unbranched alkanes of at least 4 members (excludes halogenated alkanes) is 4. The van der Waals surface area contributed by atoms with Crippen molar-refractivity contribution >= 4 is 44.4 Å². The van der Waals surface area contributed by atoms with Crippen molar-refractivity contribution in [2.45, 2.75) is 132 Å². The molecule has 69 heavy (non-hydrogen) atoms. The van der Waals surface area contributed by atoms with E-state index in [1.54, 1.807) is 12.4 Å². The minimum absolute atomic E-state index is 0.411. The molecule has 5 aromatic rings. The van der Waals surface area contributed by atoms with E-state index in [0.717, 1.165) is 145 Å². The van der Waals surface area contributed by atoms with Gasteiger partial charge in [-0.2, -0.15) is 0 Å². The molecule has 6 heterocycles. The average Bonchev–Trinajstić information content (AvgIpc) is 4.03. The molecular weight excluding hydrogens is 859 g/mol. The molecule has 2 N–H and O–H groups in total. The van der Waals surface area contributed by atoms with Crippen molar-refractivity contribution in [3.8, 4) is 22.6 Å². The highest BCUT2D eigenvalue weighted by Crippen LogP contribution is 2.45. The maximum atomic E-state index is 6.40. The van der Waals surface area contributed by atoms with Gasteiger partial charge in [0.2, 0.25) is 0 Å². The number of ether oxygens (including phenoxy) is 5. The standard InChI is InChI=1S/C59H77N5O5/c1-9-13-20-47-40(5)51-37-52-41(6)48(21-14-10-2)54(62-52)39-56-50(23-16-12-4)43(8)59(64-56)57(58-42(7)49(22-15-11-3)55(63-58)38-53(47)61-51)44-18-17-19-46(36-44)69-35-33-67-31-29-65-28-30-66-32-34-68-45-24-26-60-27-25-45/h17-19,24-27,36-39,61-62H,9-16,20-23,28-35H2,1-8H3. The highest BCUT2D eigenvalue weighted by molar-refractivity contribution is 6.02. The van der Waals surface area contributed by atoms with Crippen LogP contribution in [0.3, 0.4) is 0 Å². The summed E-state index contributed by atoms with van der Waals surface area (Å²) in [6.07, 6.45) is 16.3. The lowest BCUT2D eigenvalue weighted by Gasteiger charge is -2.13. The molecule has 0 unspecified atom stereocenters. The number of pyridine rings is 1. The van der Waals surface area contributed by atoms with Gasteiger partial charge in [0, 0.05) is 40.0 Å². The zero-order valence-corrected chi connectivity index (χ0v) is 42.9. The zero-order chi connectivity index (χ0) is 48.5. The lowest BCUT2D eigenvalue weighted by atomic mass is 9.92. The predicted octanol–water partition coefficient (Wildman–Crippen LogP) is 14.4. The first kappa shape index (κ1) is 51.3. The van der Waals surface area contributed by atoms with Crippen molar-refractivity contribution < 1.29 is 23.7 Å². The summed E-state index contributed by atoms with van der Waals surface area (Å²) in [6.45, 7) is 22.0. The number of nitrogens with zero attached hydrogens (tertiary/aromatic N) is 3. The van der Waals surface area contributed by atoms with E-state index in [1.165, 1.54) is 44.5 Å². The molecule has 0 radical (unpaired) electrons. The summed E-state index contributed by atoms with van der Waals surface area (Å²) in [4.78, 5) is 23.2. The van der Waals surface area contributed by atoms with Gasteiger partial charge < -0.3 is 33.7 Å². The fraction of sp³-hybridized carbons (Fsp3) is 0.475. The Kier molecular flexibility index (Phi) is 19.2. The molecule has 368 valence electrons. The van der Waals surface area contributed by atoms with Gasteiger partial charge in [-0.3, -0.25) is 4.98 Å². The second kappa shape index (κ2) is 25.9. The van der Waals surface area contributed by atoms with Gasteiger partial charge >= 0.3 is 0 Å². The number of aromatic nitrogens is 5. The molecule has 7 rings (SSSR count). The van der Waals surface area contributed by atoms with Crippen molar-refractivity contribution in [1.29, 1.82) is 0 Å². The fourth-order valence-electron chi connectivity index (χ4n) is 9.48. The third-order valence-electron chi connectivity index (χ3n) is 13.6. The maximum Gasteiger partial charge on any atom is 0.122 e. The molecule has 0 spiro atoms. The number of aryl methyl sites for hydroxylation is 4. The number of fused-ring (bicyclic) bond motifs is 8. The van der Waals surface area contributed by atoms with Crippen LogP contribution in [0.15, 0.2) is 67.0 Å². The zero-order valence-electron chi connectivity index (χ0n) is 42.9. The molecule has 0 amide bonds. The Bertz CT molecular complexity index is 2580. The summed E-state index contributed by atoms with van der Waals surface area (Å²) in [5, 5.41) is 0. The van der Waals surface area contributed by atoms with E-state index in [2.05, 4.69) is 107 Å². The minimum atomic E-state index is 0.411. The second-order valence-corrected chi connectivity index (χ2v) is 18.5. The largest absolute Gasteiger partial charge is 0.491 e. The van der Waals surface area contributed by atoms with Crippen LogP contribution in [0.5, 0.6) is 11.5 Å². The van der Waals surface area contributed by atoms with Crippen molar-refractivity contribution in [3.63, 3.8) is 0 Å². The first-order valence-electron chi connectivity index (χ1n) is 25.9. The van der Waals surface area contributed by atoms with Crippen molar-refractivity contribution in [2.24, 2.45) is 0 Å². The number of nitrogens with one attached hydrogen (secondary N) is 2. The number of rotatable bonds is 27. The van der Waals surface area contributed by atoms with Gasteiger partial charge in [0.05, 0.1) is 62.4 Å². The first-order chi connectivity index (χ1) is 33.8. The Morgan fingerprint density at radius 3 is 1.39 bits per heavy atom. The molecule has 0 saturated carbocycles. The molecule has 10 heteroatoms. The van der Waals surface area contributed by atoms with Crippen molar-refractivity contribution in [1.82, 2.24) is 24.9 Å². The van der Waals surface area contributed by atoms with E-state index in [0.29, 0.717) is 52.9 Å². The van der Waals surface area contributed by atoms with Gasteiger partial charge in [-0.25, -0.2) is 9.97 Å². The molecule has 0 fully saturated rings. The summed E-state index contributed by atoms with van der Waals surface area (Å²) in [7, 11) is 0. The van der Waals surface area contributed by atoms with Crippen LogP contribution >= 0.6 is 0 Å². The van der Waals surface area contributed by atoms with Gasteiger partial charge in [0.25, 0.3) is 0 Å². The molecule has 0 saturated heterocycles. The maximum absolute atomic E-state index is 6.40. The van der Waals surface area contributed by atoms with Crippen molar-refractivity contribution in [3.05, 3.63) is 112 Å². The van der Waals surface area contributed by atoms with E-state index in [1.807, 2.05) is 18.2 Å². The molecule has 10 nitrogen and oxygen atoms in total. The SMILES string of the molecule is CCCCC1=C(C)c2nc1cc1[nH]c(cc3[nH]c(cc4nc(c2-c2cccc(OCCOCCOCCOCCOc5ccncc5)c2)C(C)=C4CCCC)c(CCCC)c3C)c(C)c1CCCC. The van der Waals surface area contributed by atoms with E-state index >= 15 is 0 Å². The molecule has 0 atom stereocenters. The highest BCUT2D eigenvalue weighted by atomic mass is 16.6. The van der Waals surface area contributed by atoms with Gasteiger partial charge in [0.1, 0.15) is 24.7 Å². The van der Waals surface area contributed by atoms with Crippen LogP contribution in [0, 0.1) is 13.8 Å².